The van der Waals surface area contributed by atoms with Gasteiger partial charge >= 0.3 is 0 Å². The smallest absolute Gasteiger partial charge is 0.0112 e. The fraction of sp³-hybridized carbons (Fsp3) is 0.833. The van der Waals surface area contributed by atoms with Crippen molar-refractivity contribution < 1.29 is 0 Å². The van der Waals surface area contributed by atoms with Gasteiger partial charge in [0.25, 0.3) is 0 Å². The minimum atomic E-state index is 0.352. The van der Waals surface area contributed by atoms with Crippen LogP contribution in [0.2, 0.25) is 0 Å². The molecule has 0 amide bonds. The molecule has 0 aromatic rings. The third kappa shape index (κ3) is 4.95. The van der Waals surface area contributed by atoms with E-state index in [0.29, 0.717) is 11.5 Å². The Kier molecular flexibility index (Phi) is 5.10. The quantitative estimate of drug-likeness (QED) is 0.476. The van der Waals surface area contributed by atoms with Crippen LogP contribution < -0.4 is 0 Å². The molecule has 0 rings (SSSR count). The molecule has 0 heterocycles. The monoisotopic (exact) mass is 181 g/mol. The zero-order valence-electron chi connectivity index (χ0n) is 9.72. The first kappa shape index (κ1) is 12.5. The predicted octanol–water partition coefficient (Wildman–Crippen LogP) is 2.77. The maximum absolute atomic E-state index is 5.21. The van der Waals surface area contributed by atoms with Crippen LogP contribution in [0.5, 0.6) is 0 Å². The van der Waals surface area contributed by atoms with E-state index in [1.165, 1.54) is 0 Å². The summed E-state index contributed by atoms with van der Waals surface area (Å²) in [5.41, 5.74) is 0.352. The van der Waals surface area contributed by atoms with Crippen LogP contribution >= 0.6 is 0 Å². The number of terminal acetylenes is 1. The zero-order valence-corrected chi connectivity index (χ0v) is 9.72. The lowest BCUT2D eigenvalue weighted by atomic mass is 9.87. The molecule has 0 spiro atoms. The van der Waals surface area contributed by atoms with Gasteiger partial charge < -0.3 is 4.90 Å². The van der Waals surface area contributed by atoms with Gasteiger partial charge in [0.05, 0.1) is 0 Å². The molecule has 1 unspecified atom stereocenters. The summed E-state index contributed by atoms with van der Waals surface area (Å²) in [5, 5.41) is 0. The highest BCUT2D eigenvalue weighted by Crippen LogP contribution is 2.22. The molecule has 1 nitrogen and oxygen atoms in total. The van der Waals surface area contributed by atoms with Crippen LogP contribution in [-0.2, 0) is 0 Å². The lowest BCUT2D eigenvalue weighted by Gasteiger charge is -2.35. The third-order valence-electron chi connectivity index (χ3n) is 2.75. The van der Waals surface area contributed by atoms with Crippen molar-refractivity contribution in [1.82, 2.24) is 4.90 Å². The summed E-state index contributed by atoms with van der Waals surface area (Å²) in [6, 6.07) is 0.602. The maximum Gasteiger partial charge on any atom is 0.0112 e. The minimum absolute atomic E-state index is 0.352. The molecule has 0 radical (unpaired) electrons. The van der Waals surface area contributed by atoms with E-state index in [2.05, 4.69) is 45.6 Å². The summed E-state index contributed by atoms with van der Waals surface area (Å²) in [6.45, 7) is 10.2. The third-order valence-corrected chi connectivity index (χ3v) is 2.75. The Morgan fingerprint density at radius 3 is 2.31 bits per heavy atom. The van der Waals surface area contributed by atoms with E-state index in [1.54, 1.807) is 0 Å². The highest BCUT2D eigenvalue weighted by atomic mass is 15.1. The first-order chi connectivity index (χ1) is 5.89. The van der Waals surface area contributed by atoms with E-state index in [4.69, 9.17) is 6.42 Å². The van der Waals surface area contributed by atoms with E-state index in [9.17, 15) is 0 Å². The van der Waals surface area contributed by atoms with Crippen molar-refractivity contribution >= 4 is 0 Å². The molecule has 13 heavy (non-hydrogen) atoms. The number of hydrogen-bond acceptors (Lipinski definition) is 1. The first-order valence-corrected chi connectivity index (χ1v) is 5.03. The Balaban J connectivity index is 3.84. The van der Waals surface area contributed by atoms with Crippen LogP contribution in [0.1, 0.15) is 40.5 Å². The van der Waals surface area contributed by atoms with Gasteiger partial charge in [-0.25, -0.2) is 0 Å². The van der Waals surface area contributed by atoms with Crippen LogP contribution in [0, 0.1) is 17.8 Å². The van der Waals surface area contributed by atoms with Gasteiger partial charge in [-0.3, -0.25) is 0 Å². The van der Waals surface area contributed by atoms with Gasteiger partial charge in [0.2, 0.25) is 0 Å². The standard InChI is InChI=1S/C12H23N/c1-7-8-9-10-13(6)11(2)12(3,4)5/h1,11H,8-10H2,2-6H3. The van der Waals surface area contributed by atoms with Gasteiger partial charge in [0, 0.05) is 12.5 Å². The Labute approximate surface area is 83.5 Å². The van der Waals surface area contributed by atoms with Gasteiger partial charge in [0.15, 0.2) is 0 Å². The van der Waals surface area contributed by atoms with E-state index < -0.39 is 0 Å². The molecule has 1 atom stereocenters. The molecule has 0 aliphatic heterocycles. The number of hydrogen-bond donors (Lipinski definition) is 0. The first-order valence-electron chi connectivity index (χ1n) is 5.03. The van der Waals surface area contributed by atoms with Crippen molar-refractivity contribution in [2.45, 2.75) is 46.6 Å². The summed E-state index contributed by atoms with van der Waals surface area (Å²) < 4.78 is 0. The summed E-state index contributed by atoms with van der Waals surface area (Å²) in [7, 11) is 2.17. The van der Waals surface area contributed by atoms with E-state index >= 15 is 0 Å². The molecule has 0 bridgehead atoms. The Bertz CT molecular complexity index is 171. The van der Waals surface area contributed by atoms with E-state index in [-0.39, 0.29) is 0 Å². The van der Waals surface area contributed by atoms with Crippen molar-refractivity contribution in [2.24, 2.45) is 5.41 Å². The van der Waals surface area contributed by atoms with Crippen molar-refractivity contribution in [2.75, 3.05) is 13.6 Å². The molecule has 0 aromatic heterocycles. The van der Waals surface area contributed by atoms with Gasteiger partial charge in [-0.15, -0.1) is 12.3 Å². The van der Waals surface area contributed by atoms with Crippen LogP contribution in [0.4, 0.5) is 0 Å². The van der Waals surface area contributed by atoms with Gasteiger partial charge in [0.1, 0.15) is 0 Å². The molecule has 0 saturated carbocycles. The van der Waals surface area contributed by atoms with Crippen LogP contribution in [0.15, 0.2) is 0 Å². The van der Waals surface area contributed by atoms with Gasteiger partial charge in [-0.2, -0.15) is 0 Å². The normalized spacial score (nSPS) is 14.2. The average molecular weight is 181 g/mol. The number of unbranched alkanes of at least 4 members (excludes halogenated alkanes) is 1. The molecule has 0 aliphatic carbocycles. The predicted molar refractivity (Wildman–Crippen MR) is 59.6 cm³/mol. The second-order valence-corrected chi connectivity index (χ2v) is 4.83. The van der Waals surface area contributed by atoms with Gasteiger partial charge in [-0.1, -0.05) is 20.8 Å². The molecule has 0 fully saturated rings. The summed E-state index contributed by atoms with van der Waals surface area (Å²) in [5.74, 6) is 2.67. The topological polar surface area (TPSA) is 3.24 Å². The Hall–Kier alpha value is -0.480. The van der Waals surface area contributed by atoms with E-state index in [0.717, 1.165) is 19.4 Å². The summed E-state index contributed by atoms with van der Waals surface area (Å²) in [6.07, 6.45) is 7.20. The summed E-state index contributed by atoms with van der Waals surface area (Å²) >= 11 is 0. The van der Waals surface area contributed by atoms with Crippen LogP contribution in [0.25, 0.3) is 0 Å². The van der Waals surface area contributed by atoms with Crippen molar-refractivity contribution in [3.05, 3.63) is 0 Å². The van der Waals surface area contributed by atoms with Crippen molar-refractivity contribution in [3.8, 4) is 12.3 Å². The average Bonchev–Trinajstić information content (AvgIpc) is 2.01. The second kappa shape index (κ2) is 5.29. The highest BCUT2D eigenvalue weighted by Gasteiger charge is 2.22. The van der Waals surface area contributed by atoms with Crippen LogP contribution in [-0.4, -0.2) is 24.5 Å². The minimum Gasteiger partial charge on any atom is -0.303 e. The fourth-order valence-corrected chi connectivity index (χ4v) is 1.29. The molecule has 0 N–H and O–H groups in total. The van der Waals surface area contributed by atoms with E-state index in [1.807, 2.05) is 0 Å². The molecule has 0 aliphatic rings. The molecule has 0 aromatic carbocycles. The SMILES string of the molecule is C#CCCCN(C)C(C)C(C)(C)C. The second-order valence-electron chi connectivity index (χ2n) is 4.83. The fourth-order valence-electron chi connectivity index (χ4n) is 1.29. The largest absolute Gasteiger partial charge is 0.303 e. The Morgan fingerprint density at radius 2 is 1.92 bits per heavy atom. The molecule has 76 valence electrons. The number of nitrogens with zero attached hydrogens (tertiary/aromatic N) is 1. The summed E-state index contributed by atoms with van der Waals surface area (Å²) in [4.78, 5) is 2.39. The highest BCUT2D eigenvalue weighted by molar-refractivity contribution is 4.84. The van der Waals surface area contributed by atoms with Crippen molar-refractivity contribution in [3.63, 3.8) is 0 Å². The molecular formula is C12H23N. The Morgan fingerprint density at radius 1 is 1.38 bits per heavy atom. The molecule has 0 saturated heterocycles. The maximum atomic E-state index is 5.21. The lowest BCUT2D eigenvalue weighted by Crippen LogP contribution is -2.39. The zero-order chi connectivity index (χ0) is 10.5. The lowest BCUT2D eigenvalue weighted by molar-refractivity contribution is 0.140. The van der Waals surface area contributed by atoms with Crippen LogP contribution in [0.3, 0.4) is 0 Å². The van der Waals surface area contributed by atoms with Crippen molar-refractivity contribution in [1.29, 1.82) is 0 Å². The molecular weight excluding hydrogens is 158 g/mol. The number of rotatable bonds is 4. The molecule has 1 heteroatoms. The van der Waals surface area contributed by atoms with Gasteiger partial charge in [-0.05, 0) is 32.4 Å².